The van der Waals surface area contributed by atoms with Gasteiger partial charge in [0.25, 0.3) is 0 Å². The zero-order valence-electron chi connectivity index (χ0n) is 17.1. The van der Waals surface area contributed by atoms with Crippen LogP contribution in [-0.2, 0) is 0 Å². The molecule has 0 saturated carbocycles. The van der Waals surface area contributed by atoms with Gasteiger partial charge in [-0.25, -0.2) is 14.0 Å². The van der Waals surface area contributed by atoms with Crippen molar-refractivity contribution < 1.29 is 23.8 Å². The first-order valence-corrected chi connectivity index (χ1v) is 8.89. The van der Waals surface area contributed by atoms with Gasteiger partial charge in [-0.3, -0.25) is 5.10 Å². The summed E-state index contributed by atoms with van der Waals surface area (Å²) in [5.74, 6) is -1.12. The summed E-state index contributed by atoms with van der Waals surface area (Å²) in [6.07, 6.45) is 3.49. The summed E-state index contributed by atoms with van der Waals surface area (Å²) in [7, 11) is 6.40. The lowest BCUT2D eigenvalue weighted by atomic mass is 10.1. The first-order valence-electron chi connectivity index (χ1n) is 8.89. The number of hydrogen-bond donors (Lipinski definition) is 3. The second-order valence-electron chi connectivity index (χ2n) is 6.32. The number of aromatic amines is 1. The van der Waals surface area contributed by atoms with Crippen LogP contribution in [0, 0.1) is 5.82 Å². The third kappa shape index (κ3) is 5.34. The van der Waals surface area contributed by atoms with E-state index in [1.54, 1.807) is 51.5 Å². The fourth-order valence-electron chi connectivity index (χ4n) is 2.58. The molecule has 2 amide bonds. The van der Waals surface area contributed by atoms with Crippen molar-refractivity contribution in [2.75, 3.05) is 28.3 Å². The molecule has 30 heavy (non-hydrogen) atoms. The number of nitrogens with one attached hydrogen (secondary N) is 2. The third-order valence-corrected chi connectivity index (χ3v) is 4.07. The molecular weight excluding hydrogens is 391 g/mol. The van der Waals surface area contributed by atoms with Crippen LogP contribution in [0.15, 0.2) is 36.4 Å². The number of carboxylic acids is 1. The quantitative estimate of drug-likeness (QED) is 0.606. The van der Waals surface area contributed by atoms with Gasteiger partial charge >= 0.3 is 12.0 Å². The molecule has 0 atom stereocenters. The number of carbonyl (C=O) groups excluding carboxylic acids is 1. The number of aromatic carboxylic acids is 1. The van der Waals surface area contributed by atoms with Crippen molar-refractivity contribution in [3.05, 3.63) is 59.0 Å². The molecule has 3 N–H and O–H groups in total. The predicted molar refractivity (Wildman–Crippen MR) is 113 cm³/mol. The number of nitrogens with zero attached hydrogens (tertiary/aromatic N) is 2. The second-order valence-corrected chi connectivity index (χ2v) is 6.32. The van der Waals surface area contributed by atoms with E-state index in [0.29, 0.717) is 16.6 Å². The molecule has 158 valence electrons. The van der Waals surface area contributed by atoms with Gasteiger partial charge in [-0.1, -0.05) is 18.2 Å². The number of halogens is 1. The van der Waals surface area contributed by atoms with E-state index < -0.39 is 5.97 Å². The number of fused-ring (bicyclic) bond motifs is 1. The average molecular weight is 414 g/mol. The van der Waals surface area contributed by atoms with Crippen molar-refractivity contribution >= 4 is 35.1 Å². The minimum Gasteiger partial charge on any atom is -0.495 e. The van der Waals surface area contributed by atoms with Crippen molar-refractivity contribution in [2.45, 2.75) is 0 Å². The van der Waals surface area contributed by atoms with Gasteiger partial charge in [0.05, 0.1) is 23.7 Å². The number of carboxylic acid groups (broad SMARTS) is 1. The zero-order valence-corrected chi connectivity index (χ0v) is 17.1. The average Bonchev–Trinajstić information content (AvgIpc) is 3.15. The Morgan fingerprint density at radius 3 is 2.33 bits per heavy atom. The largest absolute Gasteiger partial charge is 0.495 e. The lowest BCUT2D eigenvalue weighted by Crippen LogP contribution is -2.31. The third-order valence-electron chi connectivity index (χ3n) is 4.07. The molecule has 0 unspecified atom stereocenters. The first-order chi connectivity index (χ1) is 14.3. The Bertz CT molecular complexity index is 1060. The highest BCUT2D eigenvalue weighted by atomic mass is 19.1. The SMILES string of the molecule is CNC(=O)N(C)C.COc1c(C(=O)O)ccc2[nH]nc(/C=C/c3ccc(F)cc3)c12. The predicted octanol–water partition coefficient (Wildman–Crippen LogP) is 3.47. The molecule has 0 aliphatic heterocycles. The lowest BCUT2D eigenvalue weighted by molar-refractivity contribution is 0.0693. The normalized spacial score (nSPS) is 10.4. The van der Waals surface area contributed by atoms with Gasteiger partial charge in [-0.05, 0) is 35.9 Å². The van der Waals surface area contributed by atoms with Gasteiger partial charge in [0.1, 0.15) is 17.1 Å². The van der Waals surface area contributed by atoms with Crippen molar-refractivity contribution in [1.82, 2.24) is 20.4 Å². The first kappa shape index (κ1) is 22.4. The number of aromatic nitrogens is 2. The molecule has 2 aromatic carbocycles. The Balaban J connectivity index is 0.000000396. The maximum atomic E-state index is 12.9. The number of urea groups is 1. The topological polar surface area (TPSA) is 108 Å². The molecule has 8 nitrogen and oxygen atoms in total. The maximum absolute atomic E-state index is 12.9. The molecule has 0 saturated heterocycles. The number of methoxy groups -OCH3 is 1. The number of amides is 2. The van der Waals surface area contributed by atoms with E-state index in [1.807, 2.05) is 0 Å². The number of benzene rings is 2. The molecule has 0 fully saturated rings. The highest BCUT2D eigenvalue weighted by Gasteiger charge is 2.17. The molecule has 0 aliphatic rings. The van der Waals surface area contributed by atoms with Gasteiger partial charge in [0.15, 0.2) is 0 Å². The van der Waals surface area contributed by atoms with Crippen molar-refractivity contribution in [2.24, 2.45) is 0 Å². The van der Waals surface area contributed by atoms with E-state index in [9.17, 15) is 19.1 Å². The Labute approximate surface area is 173 Å². The van der Waals surface area contributed by atoms with Crippen molar-refractivity contribution in [3.63, 3.8) is 0 Å². The molecular formula is C21H23FN4O4. The van der Waals surface area contributed by atoms with Gasteiger partial charge in [-0.15, -0.1) is 0 Å². The standard InChI is InChI=1S/C17H13FN2O3.C4H10N2O/c1-23-16-12(17(21)22)7-9-14-15(16)13(19-20-14)8-4-10-2-5-11(18)6-3-10;1-5-4(7)6(2)3/h2-9H,1H3,(H,19,20)(H,21,22);1-3H3,(H,5,7)/b8-4+;. The van der Waals surface area contributed by atoms with Crippen molar-refractivity contribution in [1.29, 1.82) is 0 Å². The number of H-pyrrole nitrogens is 1. The molecule has 3 aromatic rings. The van der Waals surface area contributed by atoms with E-state index in [1.165, 1.54) is 30.2 Å². The maximum Gasteiger partial charge on any atom is 0.339 e. The van der Waals surface area contributed by atoms with Crippen LogP contribution in [0.25, 0.3) is 23.1 Å². The molecule has 0 aliphatic carbocycles. The molecule has 1 heterocycles. The Hall–Kier alpha value is -3.88. The summed E-state index contributed by atoms with van der Waals surface area (Å²) in [6.45, 7) is 0. The van der Waals surface area contributed by atoms with Crippen LogP contribution in [0.2, 0.25) is 0 Å². The Morgan fingerprint density at radius 1 is 1.17 bits per heavy atom. The molecule has 0 bridgehead atoms. The number of carbonyl (C=O) groups is 2. The smallest absolute Gasteiger partial charge is 0.339 e. The number of ether oxygens (including phenoxy) is 1. The Morgan fingerprint density at radius 2 is 1.83 bits per heavy atom. The van der Waals surface area contributed by atoms with E-state index in [0.717, 1.165) is 5.56 Å². The van der Waals surface area contributed by atoms with Crippen LogP contribution in [-0.4, -0.2) is 60.5 Å². The second kappa shape index (κ2) is 10.1. The fourth-order valence-corrected chi connectivity index (χ4v) is 2.58. The van der Waals surface area contributed by atoms with Crippen LogP contribution in [0.5, 0.6) is 5.75 Å². The summed E-state index contributed by atoms with van der Waals surface area (Å²) in [6, 6.07) is 9.05. The summed E-state index contributed by atoms with van der Waals surface area (Å²) in [5.41, 5.74) is 2.09. The summed E-state index contributed by atoms with van der Waals surface area (Å²) >= 11 is 0. The van der Waals surface area contributed by atoms with Crippen LogP contribution in [0.1, 0.15) is 21.6 Å². The fraction of sp³-hybridized carbons (Fsp3) is 0.190. The van der Waals surface area contributed by atoms with E-state index in [2.05, 4.69) is 15.5 Å². The van der Waals surface area contributed by atoms with Crippen LogP contribution in [0.3, 0.4) is 0 Å². The van der Waals surface area contributed by atoms with Gasteiger partial charge in [-0.2, -0.15) is 5.10 Å². The Kier molecular flexibility index (Phi) is 7.51. The van der Waals surface area contributed by atoms with E-state index in [-0.39, 0.29) is 23.2 Å². The minimum atomic E-state index is -1.07. The van der Waals surface area contributed by atoms with Crippen LogP contribution >= 0.6 is 0 Å². The van der Waals surface area contributed by atoms with Crippen LogP contribution < -0.4 is 10.1 Å². The van der Waals surface area contributed by atoms with Crippen molar-refractivity contribution in [3.8, 4) is 5.75 Å². The molecule has 9 heteroatoms. The number of hydrogen-bond acceptors (Lipinski definition) is 4. The van der Waals surface area contributed by atoms with Gasteiger partial charge in [0, 0.05) is 21.1 Å². The number of rotatable bonds is 4. The van der Waals surface area contributed by atoms with Crippen LogP contribution in [0.4, 0.5) is 9.18 Å². The highest BCUT2D eigenvalue weighted by molar-refractivity contribution is 6.02. The zero-order chi connectivity index (χ0) is 22.3. The summed E-state index contributed by atoms with van der Waals surface area (Å²) in [4.78, 5) is 23.1. The summed E-state index contributed by atoms with van der Waals surface area (Å²) < 4.78 is 18.2. The van der Waals surface area contributed by atoms with E-state index in [4.69, 9.17) is 4.74 Å². The van der Waals surface area contributed by atoms with Gasteiger partial charge in [0.2, 0.25) is 0 Å². The van der Waals surface area contributed by atoms with Gasteiger partial charge < -0.3 is 20.1 Å². The monoisotopic (exact) mass is 414 g/mol. The molecule has 3 rings (SSSR count). The molecule has 0 radical (unpaired) electrons. The molecule has 1 aromatic heterocycles. The molecule has 0 spiro atoms. The minimum absolute atomic E-state index is 0.0674. The summed E-state index contributed by atoms with van der Waals surface area (Å²) in [5, 5.41) is 19.3. The highest BCUT2D eigenvalue weighted by Crippen LogP contribution is 2.32. The van der Waals surface area contributed by atoms with E-state index >= 15 is 0 Å². The lowest BCUT2D eigenvalue weighted by Gasteiger charge is -2.06.